The minimum Gasteiger partial charge on any atom is -0.388 e. The first kappa shape index (κ1) is 14.6. The van der Waals surface area contributed by atoms with Crippen molar-refractivity contribution in [2.75, 3.05) is 13.2 Å². The highest BCUT2D eigenvalue weighted by molar-refractivity contribution is 5.14. The Kier molecular flexibility index (Phi) is 3.80. The first-order chi connectivity index (χ1) is 8.83. The summed E-state index contributed by atoms with van der Waals surface area (Å²) in [6.45, 7) is 0.652. The zero-order valence-corrected chi connectivity index (χ0v) is 10.7. The van der Waals surface area contributed by atoms with Crippen LogP contribution in [0.4, 0.5) is 13.2 Å². The van der Waals surface area contributed by atoms with Crippen LogP contribution in [0.2, 0.25) is 0 Å². The molecule has 0 bridgehead atoms. The fraction of sp³-hybridized carbons (Fsp3) is 0.923. The van der Waals surface area contributed by atoms with E-state index in [1.165, 1.54) is 0 Å². The summed E-state index contributed by atoms with van der Waals surface area (Å²) in [4.78, 5) is 0. The molecule has 1 saturated carbocycles. The number of ether oxygens (including phenoxy) is 1. The van der Waals surface area contributed by atoms with Crippen molar-refractivity contribution in [3.8, 4) is 6.07 Å². The van der Waals surface area contributed by atoms with Crippen molar-refractivity contribution in [1.29, 1.82) is 5.26 Å². The molecule has 2 rings (SSSR count). The predicted molar refractivity (Wildman–Crippen MR) is 61.1 cm³/mol. The number of nitrogens with zero attached hydrogens (tertiary/aromatic N) is 1. The Bertz CT molecular complexity index is 371. The van der Waals surface area contributed by atoms with Crippen LogP contribution in [-0.2, 0) is 4.74 Å². The average Bonchev–Trinajstić information content (AvgIpc) is 2.38. The van der Waals surface area contributed by atoms with Crippen LogP contribution in [0.5, 0.6) is 0 Å². The Balaban J connectivity index is 2.23. The van der Waals surface area contributed by atoms with Crippen molar-refractivity contribution in [2.24, 2.45) is 11.3 Å². The second-order valence-corrected chi connectivity index (χ2v) is 5.67. The molecule has 19 heavy (non-hydrogen) atoms. The smallest absolute Gasteiger partial charge is 0.388 e. The van der Waals surface area contributed by atoms with Gasteiger partial charge in [-0.15, -0.1) is 0 Å². The van der Waals surface area contributed by atoms with Crippen LogP contribution in [0.15, 0.2) is 0 Å². The molecule has 0 aromatic carbocycles. The van der Waals surface area contributed by atoms with Gasteiger partial charge < -0.3 is 9.84 Å². The van der Waals surface area contributed by atoms with E-state index in [9.17, 15) is 23.5 Å². The van der Waals surface area contributed by atoms with Gasteiger partial charge in [0, 0.05) is 13.2 Å². The van der Waals surface area contributed by atoms with Crippen LogP contribution in [0.25, 0.3) is 0 Å². The monoisotopic (exact) mass is 277 g/mol. The fourth-order valence-corrected chi connectivity index (χ4v) is 3.37. The quantitative estimate of drug-likeness (QED) is 0.801. The van der Waals surface area contributed by atoms with Crippen LogP contribution in [0.3, 0.4) is 0 Å². The zero-order valence-electron chi connectivity index (χ0n) is 10.7. The largest absolute Gasteiger partial charge is 0.391 e. The van der Waals surface area contributed by atoms with Gasteiger partial charge in [-0.1, -0.05) is 0 Å². The fourth-order valence-electron chi connectivity index (χ4n) is 3.37. The Morgan fingerprint density at radius 3 is 2.37 bits per heavy atom. The van der Waals surface area contributed by atoms with Crippen LogP contribution in [-0.4, -0.2) is 30.1 Å². The summed E-state index contributed by atoms with van der Waals surface area (Å²) in [7, 11) is 0. The van der Waals surface area contributed by atoms with E-state index in [4.69, 9.17) is 4.74 Å². The highest BCUT2D eigenvalue weighted by atomic mass is 19.4. The van der Waals surface area contributed by atoms with E-state index in [1.807, 2.05) is 0 Å². The Hall–Kier alpha value is -0.800. The third kappa shape index (κ3) is 2.59. The van der Waals surface area contributed by atoms with Gasteiger partial charge in [0.25, 0.3) is 0 Å². The van der Waals surface area contributed by atoms with Crippen LogP contribution in [0.1, 0.15) is 38.5 Å². The molecule has 0 aromatic rings. The normalized spacial score (nSPS) is 35.6. The molecule has 1 aliphatic carbocycles. The summed E-state index contributed by atoms with van der Waals surface area (Å²) >= 11 is 0. The van der Waals surface area contributed by atoms with Crippen molar-refractivity contribution in [3.63, 3.8) is 0 Å². The number of aliphatic hydroxyl groups is 1. The van der Waals surface area contributed by atoms with E-state index in [2.05, 4.69) is 6.07 Å². The lowest BCUT2D eigenvalue weighted by Crippen LogP contribution is -2.54. The number of hydrogen-bond acceptors (Lipinski definition) is 3. The molecule has 1 saturated heterocycles. The van der Waals surface area contributed by atoms with Gasteiger partial charge in [0.05, 0.1) is 23.0 Å². The Labute approximate surface area is 110 Å². The van der Waals surface area contributed by atoms with Crippen LogP contribution < -0.4 is 0 Å². The van der Waals surface area contributed by atoms with Crippen LogP contribution >= 0.6 is 0 Å². The second kappa shape index (κ2) is 4.95. The van der Waals surface area contributed by atoms with Gasteiger partial charge >= 0.3 is 6.18 Å². The van der Waals surface area contributed by atoms with Crippen molar-refractivity contribution in [2.45, 2.75) is 50.3 Å². The van der Waals surface area contributed by atoms with Gasteiger partial charge in [0.2, 0.25) is 0 Å². The summed E-state index contributed by atoms with van der Waals surface area (Å²) in [5.74, 6) is -1.50. The van der Waals surface area contributed by atoms with Crippen LogP contribution in [0, 0.1) is 22.7 Å². The molecule has 1 aliphatic heterocycles. The number of rotatable bonds is 1. The molecule has 2 unspecified atom stereocenters. The maximum atomic E-state index is 12.9. The van der Waals surface area contributed by atoms with Gasteiger partial charge in [-0.25, -0.2) is 0 Å². The highest BCUT2D eigenvalue weighted by Gasteiger charge is 2.57. The molecule has 2 fully saturated rings. The summed E-state index contributed by atoms with van der Waals surface area (Å²) in [6.07, 6.45) is -3.41. The Morgan fingerprint density at radius 1 is 1.21 bits per heavy atom. The van der Waals surface area contributed by atoms with Gasteiger partial charge in [0.15, 0.2) is 0 Å². The Morgan fingerprint density at radius 2 is 1.84 bits per heavy atom. The molecule has 6 heteroatoms. The number of alkyl halides is 3. The van der Waals surface area contributed by atoms with Crippen molar-refractivity contribution >= 4 is 0 Å². The summed E-state index contributed by atoms with van der Waals surface area (Å²) in [5.41, 5.74) is -2.63. The molecule has 2 aliphatic rings. The topological polar surface area (TPSA) is 53.2 Å². The SMILES string of the molecule is N#CC1(C2(O)CCCC(C(F)(F)F)C2)CCOCC1. The van der Waals surface area contributed by atoms with Crippen molar-refractivity contribution in [3.05, 3.63) is 0 Å². The maximum Gasteiger partial charge on any atom is 0.391 e. The highest BCUT2D eigenvalue weighted by Crippen LogP contribution is 2.52. The molecule has 0 spiro atoms. The van der Waals surface area contributed by atoms with E-state index in [0.29, 0.717) is 32.5 Å². The minimum absolute atomic E-state index is 0.0455. The standard InChI is InChI=1S/C13H18F3NO2/c14-13(15,16)10-2-1-3-12(18,8-10)11(9-17)4-6-19-7-5-11/h10,18H,1-8H2. The molecule has 108 valence electrons. The number of nitriles is 1. The molecule has 2 atom stereocenters. The second-order valence-electron chi connectivity index (χ2n) is 5.67. The van der Waals surface area contributed by atoms with E-state index in [0.717, 1.165) is 0 Å². The van der Waals surface area contributed by atoms with E-state index in [1.54, 1.807) is 0 Å². The minimum atomic E-state index is -4.30. The molecule has 1 N–H and O–H groups in total. The van der Waals surface area contributed by atoms with Gasteiger partial charge in [0.1, 0.15) is 0 Å². The third-order valence-electron chi connectivity index (χ3n) is 4.64. The maximum absolute atomic E-state index is 12.9. The number of hydrogen-bond donors (Lipinski definition) is 1. The molecular formula is C13H18F3NO2. The van der Waals surface area contributed by atoms with Gasteiger partial charge in [-0.05, 0) is 38.5 Å². The molecule has 0 radical (unpaired) electrons. The van der Waals surface area contributed by atoms with E-state index in [-0.39, 0.29) is 19.3 Å². The summed E-state index contributed by atoms with van der Waals surface area (Å²) < 4.78 is 43.8. The van der Waals surface area contributed by atoms with E-state index < -0.39 is 23.1 Å². The zero-order chi connectivity index (χ0) is 14.1. The van der Waals surface area contributed by atoms with Gasteiger partial charge in [-0.3, -0.25) is 0 Å². The molecule has 1 heterocycles. The molecule has 0 amide bonds. The molecule has 3 nitrogen and oxygen atoms in total. The first-order valence-corrected chi connectivity index (χ1v) is 6.61. The third-order valence-corrected chi connectivity index (χ3v) is 4.64. The predicted octanol–water partition coefficient (Wildman–Crippen LogP) is 2.79. The number of halogens is 3. The van der Waals surface area contributed by atoms with Gasteiger partial charge in [-0.2, -0.15) is 18.4 Å². The van der Waals surface area contributed by atoms with E-state index >= 15 is 0 Å². The average molecular weight is 277 g/mol. The summed E-state index contributed by atoms with van der Waals surface area (Å²) in [6, 6.07) is 2.10. The molecular weight excluding hydrogens is 259 g/mol. The van der Waals surface area contributed by atoms with Crippen molar-refractivity contribution in [1.82, 2.24) is 0 Å². The lowest BCUT2D eigenvalue weighted by molar-refractivity contribution is -0.217. The lowest BCUT2D eigenvalue weighted by atomic mass is 9.60. The lowest BCUT2D eigenvalue weighted by Gasteiger charge is -2.49. The summed E-state index contributed by atoms with van der Waals surface area (Å²) in [5, 5.41) is 20.1. The first-order valence-electron chi connectivity index (χ1n) is 6.61. The van der Waals surface area contributed by atoms with Crippen molar-refractivity contribution < 1.29 is 23.0 Å². The molecule has 0 aromatic heterocycles.